The molecule has 0 atom stereocenters. The normalized spacial score (nSPS) is 12.0. The smallest absolute Gasteiger partial charge is 0.414 e. The van der Waals surface area contributed by atoms with Gasteiger partial charge in [0.2, 0.25) is 0 Å². The highest BCUT2D eigenvalue weighted by Crippen LogP contribution is 2.28. The van der Waals surface area contributed by atoms with Crippen LogP contribution in [0, 0.1) is 5.82 Å². The van der Waals surface area contributed by atoms with E-state index in [1.807, 2.05) is 9.44 Å². The standard InChI is InChI=1S/C23H24F4N4O6S/c1-28-38(34,35)30-18-6-4-5-13(20(18)24)9-16-17(11-29-12-23(25,26)27)15-8-7-14(36-22(33)31(2)3)10-19(15)37-21(16)32/h4-8,10,28-30H,9,11-12H2,1-3H3. The third kappa shape index (κ3) is 7.20. The summed E-state index contributed by atoms with van der Waals surface area (Å²) in [5.41, 5.74) is -1.57. The van der Waals surface area contributed by atoms with Crippen molar-refractivity contribution in [2.75, 3.05) is 32.4 Å². The number of alkyl halides is 3. The van der Waals surface area contributed by atoms with Gasteiger partial charge in [-0.05, 0) is 29.3 Å². The molecule has 0 radical (unpaired) electrons. The second-order valence-corrected chi connectivity index (χ2v) is 9.87. The van der Waals surface area contributed by atoms with E-state index in [1.165, 1.54) is 50.5 Å². The molecule has 0 aliphatic rings. The van der Waals surface area contributed by atoms with Crippen LogP contribution in [0.15, 0.2) is 45.6 Å². The minimum Gasteiger partial charge on any atom is -0.422 e. The summed E-state index contributed by atoms with van der Waals surface area (Å²) in [6.07, 6.45) is -5.66. The number of anilines is 1. The number of amides is 1. The average molecular weight is 561 g/mol. The van der Waals surface area contributed by atoms with Gasteiger partial charge in [-0.15, -0.1) is 0 Å². The van der Waals surface area contributed by atoms with E-state index >= 15 is 4.39 Å². The molecular formula is C23H24F4N4O6S. The molecule has 0 bridgehead atoms. The van der Waals surface area contributed by atoms with Crippen molar-refractivity contribution in [1.29, 1.82) is 0 Å². The van der Waals surface area contributed by atoms with Gasteiger partial charge >= 0.3 is 17.9 Å². The van der Waals surface area contributed by atoms with Crippen molar-refractivity contribution in [3.05, 3.63) is 69.3 Å². The zero-order valence-electron chi connectivity index (χ0n) is 20.4. The number of hydrogen-bond acceptors (Lipinski definition) is 7. The minimum atomic E-state index is -4.53. The van der Waals surface area contributed by atoms with Gasteiger partial charge in [0.05, 0.1) is 12.2 Å². The number of carbonyl (C=O) groups excluding carboxylic acids is 1. The Morgan fingerprint density at radius 3 is 2.47 bits per heavy atom. The number of ether oxygens (including phenoxy) is 1. The largest absolute Gasteiger partial charge is 0.422 e. The summed E-state index contributed by atoms with van der Waals surface area (Å²) < 4.78 is 91.6. The van der Waals surface area contributed by atoms with Gasteiger partial charge in [-0.2, -0.15) is 21.6 Å². The quantitative estimate of drug-likeness (QED) is 0.271. The number of benzene rings is 2. The highest BCUT2D eigenvalue weighted by molar-refractivity contribution is 7.90. The van der Waals surface area contributed by atoms with E-state index < -0.39 is 59.1 Å². The fourth-order valence-corrected chi connectivity index (χ4v) is 3.98. The Bertz CT molecular complexity index is 1510. The molecule has 0 saturated carbocycles. The Morgan fingerprint density at radius 2 is 1.84 bits per heavy atom. The summed E-state index contributed by atoms with van der Waals surface area (Å²) >= 11 is 0. The van der Waals surface area contributed by atoms with E-state index in [-0.39, 0.29) is 33.4 Å². The molecule has 1 amide bonds. The highest BCUT2D eigenvalue weighted by Gasteiger charge is 2.27. The maximum absolute atomic E-state index is 15.1. The number of nitrogens with one attached hydrogen (secondary N) is 3. The Morgan fingerprint density at radius 1 is 1.13 bits per heavy atom. The lowest BCUT2D eigenvalue weighted by molar-refractivity contribution is -0.125. The van der Waals surface area contributed by atoms with Crippen LogP contribution in [0.4, 0.5) is 28.0 Å². The van der Waals surface area contributed by atoms with Crippen molar-refractivity contribution in [2.45, 2.75) is 19.1 Å². The maximum Gasteiger partial charge on any atom is 0.414 e. The van der Waals surface area contributed by atoms with Crippen molar-refractivity contribution in [2.24, 2.45) is 0 Å². The molecule has 3 rings (SSSR count). The predicted molar refractivity (Wildman–Crippen MR) is 131 cm³/mol. The fourth-order valence-electron chi connectivity index (χ4n) is 3.43. The number of fused-ring (bicyclic) bond motifs is 1. The molecule has 38 heavy (non-hydrogen) atoms. The summed E-state index contributed by atoms with van der Waals surface area (Å²) in [5, 5.41) is 2.45. The lowest BCUT2D eigenvalue weighted by Crippen LogP contribution is -2.29. The number of hydrogen-bond donors (Lipinski definition) is 3. The predicted octanol–water partition coefficient (Wildman–Crippen LogP) is 3.11. The molecule has 0 fully saturated rings. The van der Waals surface area contributed by atoms with Gasteiger partial charge in [0, 0.05) is 51.1 Å². The summed E-state index contributed by atoms with van der Waals surface area (Å²) in [7, 11) is -0.0144. The number of halogens is 4. The highest BCUT2D eigenvalue weighted by atomic mass is 32.2. The lowest BCUT2D eigenvalue weighted by Gasteiger charge is -2.16. The average Bonchev–Trinajstić information content (AvgIpc) is 2.82. The monoisotopic (exact) mass is 560 g/mol. The molecule has 0 saturated heterocycles. The van der Waals surface area contributed by atoms with Crippen molar-refractivity contribution >= 4 is 33.0 Å². The van der Waals surface area contributed by atoms with Gasteiger partial charge in [-0.25, -0.2) is 18.7 Å². The number of rotatable bonds is 9. The summed E-state index contributed by atoms with van der Waals surface area (Å²) in [6, 6.07) is 7.82. The van der Waals surface area contributed by atoms with Crippen LogP contribution in [0.25, 0.3) is 11.0 Å². The second-order valence-electron chi connectivity index (χ2n) is 8.25. The van der Waals surface area contributed by atoms with Crippen LogP contribution in [0.5, 0.6) is 5.75 Å². The van der Waals surface area contributed by atoms with Crippen LogP contribution >= 0.6 is 0 Å². The topological polar surface area (TPSA) is 130 Å². The van der Waals surface area contributed by atoms with Gasteiger partial charge in [-0.1, -0.05) is 12.1 Å². The number of carbonyl (C=O) groups is 1. The molecule has 0 aliphatic carbocycles. The summed E-state index contributed by atoms with van der Waals surface area (Å²) in [6.45, 7) is -1.79. The van der Waals surface area contributed by atoms with Gasteiger partial charge in [-0.3, -0.25) is 4.72 Å². The van der Waals surface area contributed by atoms with Crippen LogP contribution in [0.1, 0.15) is 16.7 Å². The Kier molecular flexibility index (Phi) is 8.64. The van der Waals surface area contributed by atoms with E-state index in [4.69, 9.17) is 9.15 Å². The van der Waals surface area contributed by atoms with Crippen molar-refractivity contribution in [1.82, 2.24) is 14.9 Å². The van der Waals surface area contributed by atoms with E-state index in [9.17, 15) is 31.2 Å². The Hall–Kier alpha value is -3.69. The van der Waals surface area contributed by atoms with Crippen molar-refractivity contribution < 1.29 is 39.9 Å². The molecule has 0 aliphatic heterocycles. The zero-order chi connectivity index (χ0) is 28.3. The fraction of sp³-hybridized carbons (Fsp3) is 0.304. The molecule has 0 unspecified atom stereocenters. The Labute approximate surface area is 214 Å². The first-order chi connectivity index (χ1) is 17.7. The lowest BCUT2D eigenvalue weighted by atomic mass is 9.97. The summed E-state index contributed by atoms with van der Waals surface area (Å²) in [4.78, 5) is 26.0. The molecule has 1 aromatic heterocycles. The van der Waals surface area contributed by atoms with Gasteiger partial charge in [0.15, 0.2) is 5.82 Å². The van der Waals surface area contributed by atoms with Crippen LogP contribution in [-0.2, 0) is 23.2 Å². The molecule has 10 nitrogen and oxygen atoms in total. The maximum atomic E-state index is 15.1. The van der Waals surface area contributed by atoms with Crippen LogP contribution in [-0.4, -0.2) is 53.3 Å². The van der Waals surface area contributed by atoms with Crippen LogP contribution in [0.3, 0.4) is 0 Å². The van der Waals surface area contributed by atoms with Gasteiger partial charge in [0.25, 0.3) is 10.2 Å². The second kappa shape index (κ2) is 11.4. The SMILES string of the molecule is CNS(=O)(=O)Nc1cccc(Cc2c(CNCC(F)(F)F)c3ccc(OC(=O)N(C)C)cc3oc2=O)c1F. The van der Waals surface area contributed by atoms with E-state index in [2.05, 4.69) is 5.32 Å². The molecule has 3 aromatic rings. The minimum absolute atomic E-state index is 0.0249. The summed E-state index contributed by atoms with van der Waals surface area (Å²) in [5.74, 6) is -0.956. The first-order valence-electron chi connectivity index (χ1n) is 10.9. The third-order valence-electron chi connectivity index (χ3n) is 5.25. The van der Waals surface area contributed by atoms with Gasteiger partial charge < -0.3 is 19.4 Å². The molecule has 15 heteroatoms. The zero-order valence-corrected chi connectivity index (χ0v) is 21.2. The van der Waals surface area contributed by atoms with Crippen molar-refractivity contribution in [3.63, 3.8) is 0 Å². The van der Waals surface area contributed by atoms with Crippen LogP contribution in [0.2, 0.25) is 0 Å². The third-order valence-corrected chi connectivity index (χ3v) is 6.27. The first-order valence-corrected chi connectivity index (χ1v) is 12.4. The van der Waals surface area contributed by atoms with E-state index in [1.54, 1.807) is 0 Å². The van der Waals surface area contributed by atoms with Crippen LogP contribution < -0.4 is 25.1 Å². The molecule has 1 heterocycles. The number of nitrogens with zero attached hydrogens (tertiary/aromatic N) is 1. The molecular weight excluding hydrogens is 536 g/mol. The molecule has 206 valence electrons. The molecule has 3 N–H and O–H groups in total. The van der Waals surface area contributed by atoms with Gasteiger partial charge in [0.1, 0.15) is 11.3 Å². The van der Waals surface area contributed by atoms with Crippen molar-refractivity contribution in [3.8, 4) is 5.75 Å². The Balaban J connectivity index is 2.08. The molecule has 2 aromatic carbocycles. The van der Waals surface area contributed by atoms with E-state index in [0.29, 0.717) is 0 Å². The first kappa shape index (κ1) is 28.9. The molecule has 0 spiro atoms. The van der Waals surface area contributed by atoms with E-state index in [0.717, 1.165) is 11.9 Å².